The summed E-state index contributed by atoms with van der Waals surface area (Å²) in [6.07, 6.45) is 4.35. The molecule has 7 nitrogen and oxygen atoms in total. The molecule has 2 heterocycles. The average Bonchev–Trinajstić information content (AvgIpc) is 3.19. The van der Waals surface area contributed by atoms with Gasteiger partial charge in [-0.1, -0.05) is 29.8 Å². The first-order chi connectivity index (χ1) is 13.3. The van der Waals surface area contributed by atoms with Gasteiger partial charge in [0.05, 0.1) is 12.2 Å². The Kier molecular flexibility index (Phi) is 6.42. The Morgan fingerprint density at radius 3 is 2.79 bits per heavy atom. The molecule has 9 heteroatoms. The van der Waals surface area contributed by atoms with Crippen molar-refractivity contribution in [2.75, 3.05) is 13.1 Å². The summed E-state index contributed by atoms with van der Waals surface area (Å²) < 4.78 is 29.0. The number of hydrogen-bond donors (Lipinski definition) is 1. The highest BCUT2D eigenvalue weighted by Crippen LogP contribution is 2.24. The highest BCUT2D eigenvalue weighted by atomic mass is 35.5. The van der Waals surface area contributed by atoms with Gasteiger partial charge in [0.1, 0.15) is 0 Å². The molecule has 1 aromatic carbocycles. The largest absolute Gasteiger partial charge is 0.352 e. The molecule has 1 amide bonds. The van der Waals surface area contributed by atoms with Gasteiger partial charge >= 0.3 is 0 Å². The number of carbonyl (C=O) groups excluding carboxylic acids is 1. The van der Waals surface area contributed by atoms with Gasteiger partial charge in [-0.05, 0) is 38.3 Å². The van der Waals surface area contributed by atoms with Gasteiger partial charge in [-0.15, -0.1) is 0 Å². The second-order valence-electron chi connectivity index (χ2n) is 7.26. The third-order valence-electron chi connectivity index (χ3n) is 4.94. The minimum atomic E-state index is -3.71. The summed E-state index contributed by atoms with van der Waals surface area (Å²) in [4.78, 5) is 16.6. The molecule has 1 saturated heterocycles. The number of amides is 1. The van der Waals surface area contributed by atoms with Gasteiger partial charge in [0, 0.05) is 36.9 Å². The van der Waals surface area contributed by atoms with E-state index >= 15 is 0 Å². The minimum Gasteiger partial charge on any atom is -0.352 e. The molecule has 152 valence electrons. The fraction of sp³-hybridized carbons (Fsp3) is 0.474. The number of sulfonamides is 1. The Hall–Kier alpha value is -1.90. The van der Waals surface area contributed by atoms with Crippen molar-refractivity contribution < 1.29 is 13.2 Å². The lowest BCUT2D eigenvalue weighted by molar-refractivity contribution is -0.126. The average molecular weight is 425 g/mol. The second kappa shape index (κ2) is 8.63. The number of halogens is 1. The fourth-order valence-corrected chi connectivity index (χ4v) is 4.86. The Balaban J connectivity index is 1.65. The van der Waals surface area contributed by atoms with E-state index in [2.05, 4.69) is 10.3 Å². The van der Waals surface area contributed by atoms with Crippen molar-refractivity contribution in [2.45, 2.75) is 44.3 Å². The molecule has 1 fully saturated rings. The SMILES string of the molecule is CC(C)n1cnc(S(=O)(=O)N2CCC[C@@H](C(=O)NCc3ccccc3Cl)C2)c1. The summed E-state index contributed by atoms with van der Waals surface area (Å²) in [6, 6.07) is 7.44. The summed E-state index contributed by atoms with van der Waals surface area (Å²) in [5, 5.41) is 3.50. The van der Waals surface area contributed by atoms with Gasteiger partial charge < -0.3 is 9.88 Å². The van der Waals surface area contributed by atoms with Crippen LogP contribution in [0.2, 0.25) is 5.02 Å². The monoisotopic (exact) mass is 424 g/mol. The first-order valence-corrected chi connectivity index (χ1v) is 11.2. The molecule has 0 spiro atoms. The number of aromatic nitrogens is 2. The summed E-state index contributed by atoms with van der Waals surface area (Å²) in [7, 11) is -3.71. The maximum Gasteiger partial charge on any atom is 0.262 e. The standard InChI is InChI=1S/C19H25ClN4O3S/c1-14(2)23-12-18(22-13-23)28(26,27)24-9-5-7-16(11-24)19(25)21-10-15-6-3-4-8-17(15)20/h3-4,6,8,12-14,16H,5,7,9-11H2,1-2H3,(H,21,25)/t16-/m1/s1. The fourth-order valence-electron chi connectivity index (χ4n) is 3.21. The molecule has 1 aliphatic heterocycles. The van der Waals surface area contributed by atoms with E-state index < -0.39 is 15.9 Å². The molecular formula is C19H25ClN4O3S. The third kappa shape index (κ3) is 4.56. The number of nitrogens with zero attached hydrogens (tertiary/aromatic N) is 3. The van der Waals surface area contributed by atoms with Crippen molar-refractivity contribution in [3.05, 3.63) is 47.4 Å². The van der Waals surface area contributed by atoms with Gasteiger partial charge in [0.2, 0.25) is 5.91 Å². The van der Waals surface area contributed by atoms with Crippen LogP contribution in [0.25, 0.3) is 0 Å². The molecule has 0 radical (unpaired) electrons. The van der Waals surface area contributed by atoms with Crippen molar-refractivity contribution in [3.8, 4) is 0 Å². The van der Waals surface area contributed by atoms with E-state index in [9.17, 15) is 13.2 Å². The van der Waals surface area contributed by atoms with E-state index in [0.717, 1.165) is 5.56 Å². The van der Waals surface area contributed by atoms with E-state index in [0.29, 0.717) is 31.0 Å². The summed E-state index contributed by atoms with van der Waals surface area (Å²) in [5.41, 5.74) is 0.831. The second-order valence-corrected chi connectivity index (χ2v) is 9.56. The first-order valence-electron chi connectivity index (χ1n) is 9.34. The number of hydrogen-bond acceptors (Lipinski definition) is 4. The van der Waals surface area contributed by atoms with E-state index in [-0.39, 0.29) is 23.5 Å². The predicted molar refractivity (Wildman–Crippen MR) is 107 cm³/mol. The molecule has 0 aliphatic carbocycles. The van der Waals surface area contributed by atoms with Crippen molar-refractivity contribution >= 4 is 27.5 Å². The summed E-state index contributed by atoms with van der Waals surface area (Å²) in [6.45, 7) is 4.79. The van der Waals surface area contributed by atoms with Crippen LogP contribution in [0, 0.1) is 5.92 Å². The summed E-state index contributed by atoms with van der Waals surface area (Å²) >= 11 is 6.12. The number of benzene rings is 1. The molecule has 0 bridgehead atoms. The van der Waals surface area contributed by atoms with Crippen molar-refractivity contribution in [2.24, 2.45) is 5.92 Å². The van der Waals surface area contributed by atoms with E-state index in [4.69, 9.17) is 11.6 Å². The van der Waals surface area contributed by atoms with Gasteiger partial charge in [0.25, 0.3) is 10.0 Å². The van der Waals surface area contributed by atoms with Crippen LogP contribution in [0.5, 0.6) is 0 Å². The number of piperidine rings is 1. The first kappa shape index (κ1) is 20.8. The van der Waals surface area contributed by atoms with Crippen LogP contribution in [0.4, 0.5) is 0 Å². The zero-order valence-electron chi connectivity index (χ0n) is 16.0. The van der Waals surface area contributed by atoms with Crippen molar-refractivity contribution in [1.82, 2.24) is 19.2 Å². The maximum absolute atomic E-state index is 12.9. The lowest BCUT2D eigenvalue weighted by Crippen LogP contribution is -2.45. The number of rotatable bonds is 6. The quantitative estimate of drug-likeness (QED) is 0.772. The predicted octanol–water partition coefficient (Wildman–Crippen LogP) is 2.83. The van der Waals surface area contributed by atoms with E-state index in [1.807, 2.05) is 32.0 Å². The number of imidazole rings is 1. The Morgan fingerprint density at radius 1 is 1.36 bits per heavy atom. The van der Waals surface area contributed by atoms with Gasteiger partial charge in [0.15, 0.2) is 5.03 Å². The lowest BCUT2D eigenvalue weighted by atomic mass is 9.99. The topological polar surface area (TPSA) is 84.3 Å². The molecule has 3 rings (SSSR count). The maximum atomic E-state index is 12.9. The van der Waals surface area contributed by atoms with Crippen molar-refractivity contribution in [1.29, 1.82) is 0 Å². The van der Waals surface area contributed by atoms with Crippen LogP contribution in [-0.2, 0) is 21.4 Å². The Bertz CT molecular complexity index is 942. The molecule has 0 unspecified atom stereocenters. The minimum absolute atomic E-state index is 0.0262. The van der Waals surface area contributed by atoms with Crippen LogP contribution < -0.4 is 5.32 Å². The molecular weight excluding hydrogens is 400 g/mol. The molecule has 2 aromatic rings. The molecule has 1 aliphatic rings. The van der Waals surface area contributed by atoms with Crippen LogP contribution >= 0.6 is 11.6 Å². The Labute approximate surface area is 170 Å². The van der Waals surface area contributed by atoms with Gasteiger partial charge in [-0.2, -0.15) is 4.31 Å². The molecule has 1 N–H and O–H groups in total. The summed E-state index contributed by atoms with van der Waals surface area (Å²) in [5.74, 6) is -0.550. The van der Waals surface area contributed by atoms with Crippen LogP contribution in [0.3, 0.4) is 0 Å². The third-order valence-corrected chi connectivity index (χ3v) is 7.06. The number of carbonyl (C=O) groups is 1. The van der Waals surface area contributed by atoms with Crippen molar-refractivity contribution in [3.63, 3.8) is 0 Å². The van der Waals surface area contributed by atoms with Crippen LogP contribution in [-0.4, -0.2) is 41.3 Å². The zero-order valence-corrected chi connectivity index (χ0v) is 17.6. The zero-order chi connectivity index (χ0) is 20.3. The molecule has 1 aromatic heterocycles. The number of nitrogens with one attached hydrogen (secondary N) is 1. The van der Waals surface area contributed by atoms with Gasteiger partial charge in [-0.25, -0.2) is 13.4 Å². The van der Waals surface area contributed by atoms with E-state index in [1.165, 1.54) is 10.6 Å². The highest BCUT2D eigenvalue weighted by Gasteiger charge is 2.34. The lowest BCUT2D eigenvalue weighted by Gasteiger charge is -2.30. The smallest absolute Gasteiger partial charge is 0.262 e. The highest BCUT2D eigenvalue weighted by molar-refractivity contribution is 7.89. The van der Waals surface area contributed by atoms with E-state index in [1.54, 1.807) is 16.8 Å². The van der Waals surface area contributed by atoms with Crippen LogP contribution in [0.1, 0.15) is 38.3 Å². The van der Waals surface area contributed by atoms with Crippen LogP contribution in [0.15, 0.2) is 41.8 Å². The molecule has 0 saturated carbocycles. The molecule has 1 atom stereocenters. The van der Waals surface area contributed by atoms with Gasteiger partial charge in [-0.3, -0.25) is 4.79 Å². The molecule has 28 heavy (non-hydrogen) atoms. The normalized spacial score (nSPS) is 18.4. The Morgan fingerprint density at radius 2 is 2.11 bits per heavy atom.